The lowest BCUT2D eigenvalue weighted by molar-refractivity contribution is -0.385. The fourth-order valence-electron chi connectivity index (χ4n) is 1.99. The van der Waals surface area contributed by atoms with Gasteiger partial charge in [-0.3, -0.25) is 10.1 Å². The fraction of sp³-hybridized carbons (Fsp3) is 0.500. The van der Waals surface area contributed by atoms with Crippen molar-refractivity contribution in [2.24, 2.45) is 0 Å². The number of nitrogens with zero attached hydrogens (tertiary/aromatic N) is 1. The van der Waals surface area contributed by atoms with Gasteiger partial charge in [-0.25, -0.2) is 13.1 Å². The third-order valence-electron chi connectivity index (χ3n) is 3.26. The molecule has 20 heavy (non-hydrogen) atoms. The minimum absolute atomic E-state index is 0.0614. The molecule has 0 aliphatic heterocycles. The lowest BCUT2D eigenvalue weighted by Gasteiger charge is -2.26. The molecule has 110 valence electrons. The van der Waals surface area contributed by atoms with E-state index in [1.165, 1.54) is 12.1 Å². The Hall–Kier alpha value is -1.67. The Morgan fingerprint density at radius 1 is 1.40 bits per heavy atom. The second-order valence-electron chi connectivity index (χ2n) is 4.72. The second kappa shape index (κ2) is 5.76. The van der Waals surface area contributed by atoms with Crippen LogP contribution in [0.4, 0.5) is 11.4 Å². The lowest BCUT2D eigenvalue weighted by atomic mass is 9.94. The molecule has 1 saturated carbocycles. The summed E-state index contributed by atoms with van der Waals surface area (Å²) in [5, 5.41) is 13.7. The van der Waals surface area contributed by atoms with Crippen LogP contribution >= 0.6 is 0 Å². The number of nitro groups is 1. The standard InChI is InChI=1S/C12H17N3O4S/c1-2-13-11-7-6-10(15(16)17)8-12(11)20(18,19)14-9-4-3-5-9/h6-9,13-14H,2-5H2,1H3. The highest BCUT2D eigenvalue weighted by atomic mass is 32.2. The number of non-ortho nitro benzene ring substituents is 1. The van der Waals surface area contributed by atoms with Crippen molar-refractivity contribution in [1.82, 2.24) is 4.72 Å². The van der Waals surface area contributed by atoms with Crippen LogP contribution in [0.25, 0.3) is 0 Å². The summed E-state index contributed by atoms with van der Waals surface area (Å²) in [5.74, 6) is 0. The normalized spacial score (nSPS) is 15.7. The lowest BCUT2D eigenvalue weighted by Crippen LogP contribution is -2.39. The van der Waals surface area contributed by atoms with Crippen LogP contribution in [-0.2, 0) is 10.0 Å². The first-order valence-corrected chi connectivity index (χ1v) is 7.97. The Balaban J connectivity index is 2.39. The van der Waals surface area contributed by atoms with Crippen LogP contribution in [0.15, 0.2) is 23.1 Å². The summed E-state index contributed by atoms with van der Waals surface area (Å²) in [6.07, 6.45) is 2.62. The van der Waals surface area contributed by atoms with Gasteiger partial charge in [0.05, 0.1) is 10.6 Å². The van der Waals surface area contributed by atoms with Gasteiger partial charge >= 0.3 is 0 Å². The molecule has 1 aromatic carbocycles. The number of benzene rings is 1. The predicted molar refractivity (Wildman–Crippen MR) is 75.2 cm³/mol. The molecule has 2 rings (SSSR count). The predicted octanol–water partition coefficient (Wildman–Crippen LogP) is 1.86. The Morgan fingerprint density at radius 3 is 2.60 bits per heavy atom. The molecular weight excluding hydrogens is 282 g/mol. The number of nitrogens with one attached hydrogen (secondary N) is 2. The molecule has 0 spiro atoms. The van der Waals surface area contributed by atoms with E-state index in [9.17, 15) is 18.5 Å². The maximum Gasteiger partial charge on any atom is 0.270 e. The molecule has 2 N–H and O–H groups in total. The quantitative estimate of drug-likeness (QED) is 0.616. The molecule has 0 atom stereocenters. The molecular formula is C12H17N3O4S. The topological polar surface area (TPSA) is 101 Å². The largest absolute Gasteiger partial charge is 0.384 e. The van der Waals surface area contributed by atoms with E-state index in [-0.39, 0.29) is 16.6 Å². The molecule has 1 fully saturated rings. The first-order valence-electron chi connectivity index (χ1n) is 6.48. The van der Waals surface area contributed by atoms with Gasteiger partial charge in [0.15, 0.2) is 0 Å². The highest BCUT2D eigenvalue weighted by Crippen LogP contribution is 2.28. The van der Waals surface area contributed by atoms with Crippen LogP contribution in [0.2, 0.25) is 0 Å². The molecule has 0 amide bonds. The number of sulfonamides is 1. The first-order chi connectivity index (χ1) is 9.44. The van der Waals surface area contributed by atoms with Gasteiger partial charge in [0, 0.05) is 24.7 Å². The van der Waals surface area contributed by atoms with E-state index in [0.717, 1.165) is 25.3 Å². The molecule has 0 radical (unpaired) electrons. The molecule has 1 aliphatic carbocycles. The van der Waals surface area contributed by atoms with Crippen molar-refractivity contribution in [2.45, 2.75) is 37.1 Å². The van der Waals surface area contributed by atoms with Gasteiger partial charge in [0.1, 0.15) is 4.90 Å². The summed E-state index contributed by atoms with van der Waals surface area (Å²) in [5.41, 5.74) is 0.144. The summed E-state index contributed by atoms with van der Waals surface area (Å²) in [6, 6.07) is 3.75. The van der Waals surface area contributed by atoms with E-state index in [1.807, 2.05) is 6.92 Å². The van der Waals surface area contributed by atoms with Gasteiger partial charge in [-0.05, 0) is 25.8 Å². The fourth-order valence-corrected chi connectivity index (χ4v) is 3.50. The van der Waals surface area contributed by atoms with Crippen LogP contribution in [0.5, 0.6) is 0 Å². The van der Waals surface area contributed by atoms with Crippen molar-refractivity contribution in [1.29, 1.82) is 0 Å². The molecule has 1 aliphatic rings. The third kappa shape index (κ3) is 3.07. The van der Waals surface area contributed by atoms with Crippen molar-refractivity contribution in [3.05, 3.63) is 28.3 Å². The number of nitro benzene ring substituents is 1. The van der Waals surface area contributed by atoms with Crippen molar-refractivity contribution in [2.75, 3.05) is 11.9 Å². The molecule has 0 heterocycles. The van der Waals surface area contributed by atoms with Crippen LogP contribution in [-0.4, -0.2) is 25.9 Å². The smallest absolute Gasteiger partial charge is 0.270 e. The Labute approximate surface area is 117 Å². The average Bonchev–Trinajstić information content (AvgIpc) is 2.34. The number of rotatable bonds is 6. The second-order valence-corrected chi connectivity index (χ2v) is 6.40. The minimum Gasteiger partial charge on any atom is -0.384 e. The molecule has 0 aromatic heterocycles. The van der Waals surface area contributed by atoms with E-state index in [1.54, 1.807) is 0 Å². The Bertz CT molecular complexity index is 611. The molecule has 7 nitrogen and oxygen atoms in total. The number of anilines is 1. The molecule has 1 aromatic rings. The van der Waals surface area contributed by atoms with Gasteiger partial charge in [-0.2, -0.15) is 0 Å². The maximum absolute atomic E-state index is 12.3. The van der Waals surface area contributed by atoms with Crippen molar-refractivity contribution in [3.8, 4) is 0 Å². The van der Waals surface area contributed by atoms with Gasteiger partial charge in [-0.15, -0.1) is 0 Å². The highest BCUT2D eigenvalue weighted by Gasteiger charge is 2.27. The van der Waals surface area contributed by atoms with Crippen molar-refractivity contribution in [3.63, 3.8) is 0 Å². The van der Waals surface area contributed by atoms with Gasteiger partial charge in [0.25, 0.3) is 5.69 Å². The van der Waals surface area contributed by atoms with Gasteiger partial charge in [0.2, 0.25) is 10.0 Å². The zero-order valence-electron chi connectivity index (χ0n) is 11.1. The summed E-state index contributed by atoms with van der Waals surface area (Å²) >= 11 is 0. The first kappa shape index (κ1) is 14.7. The van der Waals surface area contributed by atoms with E-state index in [2.05, 4.69) is 10.0 Å². The SMILES string of the molecule is CCNc1ccc([N+](=O)[O-])cc1S(=O)(=O)NC1CCC1. The summed E-state index contributed by atoms with van der Waals surface area (Å²) in [7, 11) is -3.75. The molecule has 0 saturated heterocycles. The number of hydrogen-bond donors (Lipinski definition) is 2. The van der Waals surface area contributed by atoms with E-state index in [4.69, 9.17) is 0 Å². The Kier molecular flexibility index (Phi) is 4.24. The average molecular weight is 299 g/mol. The molecule has 8 heteroatoms. The van der Waals surface area contributed by atoms with Crippen LogP contribution in [0.3, 0.4) is 0 Å². The third-order valence-corrected chi connectivity index (χ3v) is 4.82. The highest BCUT2D eigenvalue weighted by molar-refractivity contribution is 7.89. The Morgan fingerprint density at radius 2 is 2.10 bits per heavy atom. The van der Waals surface area contributed by atoms with Crippen molar-refractivity contribution < 1.29 is 13.3 Å². The van der Waals surface area contributed by atoms with Crippen LogP contribution in [0.1, 0.15) is 26.2 Å². The molecule has 0 unspecified atom stereocenters. The zero-order chi connectivity index (χ0) is 14.8. The molecule has 0 bridgehead atoms. The van der Waals surface area contributed by atoms with Crippen molar-refractivity contribution >= 4 is 21.4 Å². The van der Waals surface area contributed by atoms with Crippen LogP contribution < -0.4 is 10.0 Å². The van der Waals surface area contributed by atoms with E-state index >= 15 is 0 Å². The summed E-state index contributed by atoms with van der Waals surface area (Å²) < 4.78 is 27.2. The van der Waals surface area contributed by atoms with E-state index in [0.29, 0.717) is 12.2 Å². The minimum atomic E-state index is -3.75. The summed E-state index contributed by atoms with van der Waals surface area (Å²) in [6.45, 7) is 2.36. The van der Waals surface area contributed by atoms with Gasteiger partial charge < -0.3 is 5.32 Å². The zero-order valence-corrected chi connectivity index (χ0v) is 11.9. The van der Waals surface area contributed by atoms with E-state index < -0.39 is 14.9 Å². The maximum atomic E-state index is 12.3. The van der Waals surface area contributed by atoms with Gasteiger partial charge in [-0.1, -0.05) is 6.42 Å². The number of hydrogen-bond acceptors (Lipinski definition) is 5. The summed E-state index contributed by atoms with van der Waals surface area (Å²) in [4.78, 5) is 10.1. The van der Waals surface area contributed by atoms with Crippen LogP contribution in [0, 0.1) is 10.1 Å². The monoisotopic (exact) mass is 299 g/mol.